The van der Waals surface area contributed by atoms with Gasteiger partial charge < -0.3 is 5.32 Å². The van der Waals surface area contributed by atoms with E-state index in [0.717, 1.165) is 24.7 Å². The molecule has 0 radical (unpaired) electrons. The first kappa shape index (κ1) is 11.1. The minimum atomic E-state index is -0.0496. The molecule has 92 valence electrons. The van der Waals surface area contributed by atoms with Gasteiger partial charge in [0.15, 0.2) is 0 Å². The molecule has 17 heavy (non-hydrogen) atoms. The Morgan fingerprint density at radius 3 is 2.59 bits per heavy atom. The molecule has 5 atom stereocenters. The van der Waals surface area contributed by atoms with E-state index in [4.69, 9.17) is 6.42 Å². The van der Waals surface area contributed by atoms with Crippen molar-refractivity contribution in [2.24, 2.45) is 29.6 Å². The molecule has 0 saturated heterocycles. The Bertz CT molecular complexity index is 354. The molecule has 0 aromatic rings. The second-order valence-electron chi connectivity index (χ2n) is 6.03. The lowest BCUT2D eigenvalue weighted by Crippen LogP contribution is -2.36. The standard InChI is InChI=1S/C15H21NO/c1-3-5-11(4-2)16-15(17)14-12-9-6-7-10(8-9)13(12)14/h2,9-14H,3,5-8H2,1H3,(H,16,17). The maximum Gasteiger partial charge on any atom is 0.224 e. The van der Waals surface area contributed by atoms with Crippen molar-refractivity contribution in [3.63, 3.8) is 0 Å². The summed E-state index contributed by atoms with van der Waals surface area (Å²) in [6.45, 7) is 2.10. The Balaban J connectivity index is 1.57. The zero-order valence-corrected chi connectivity index (χ0v) is 10.5. The molecule has 0 spiro atoms. The van der Waals surface area contributed by atoms with Crippen LogP contribution in [0.5, 0.6) is 0 Å². The van der Waals surface area contributed by atoms with Crippen LogP contribution in [0.2, 0.25) is 0 Å². The zero-order chi connectivity index (χ0) is 12.0. The normalized spacial score (nSPS) is 42.7. The van der Waals surface area contributed by atoms with Gasteiger partial charge in [-0.05, 0) is 49.4 Å². The molecule has 2 nitrogen and oxygen atoms in total. The van der Waals surface area contributed by atoms with E-state index in [0.29, 0.717) is 17.8 Å². The molecule has 2 bridgehead atoms. The molecule has 3 saturated carbocycles. The average Bonchev–Trinajstić information content (AvgIpc) is 2.78. The Hall–Kier alpha value is -0.970. The molecular formula is C15H21NO. The summed E-state index contributed by atoms with van der Waals surface area (Å²) < 4.78 is 0. The van der Waals surface area contributed by atoms with Gasteiger partial charge in [0.2, 0.25) is 5.91 Å². The second kappa shape index (κ2) is 4.05. The van der Waals surface area contributed by atoms with Gasteiger partial charge in [0.1, 0.15) is 0 Å². The quantitative estimate of drug-likeness (QED) is 0.738. The van der Waals surface area contributed by atoms with Crippen molar-refractivity contribution >= 4 is 5.91 Å². The Morgan fingerprint density at radius 1 is 1.41 bits per heavy atom. The van der Waals surface area contributed by atoms with Crippen molar-refractivity contribution < 1.29 is 4.79 Å². The van der Waals surface area contributed by atoms with Gasteiger partial charge in [-0.25, -0.2) is 0 Å². The maximum atomic E-state index is 12.2. The van der Waals surface area contributed by atoms with E-state index >= 15 is 0 Å². The summed E-state index contributed by atoms with van der Waals surface area (Å²) in [5.41, 5.74) is 0. The van der Waals surface area contributed by atoms with E-state index < -0.39 is 0 Å². The van der Waals surface area contributed by atoms with E-state index in [9.17, 15) is 4.79 Å². The van der Waals surface area contributed by atoms with Crippen LogP contribution in [0.1, 0.15) is 39.0 Å². The number of rotatable bonds is 4. The highest BCUT2D eigenvalue weighted by Gasteiger charge is 2.67. The average molecular weight is 231 g/mol. The van der Waals surface area contributed by atoms with Crippen molar-refractivity contribution in [2.75, 3.05) is 0 Å². The van der Waals surface area contributed by atoms with Crippen LogP contribution in [0, 0.1) is 41.9 Å². The molecule has 3 aliphatic rings. The highest BCUT2D eigenvalue weighted by molar-refractivity contribution is 5.83. The fourth-order valence-corrected chi connectivity index (χ4v) is 4.43. The summed E-state index contributed by atoms with van der Waals surface area (Å²) in [4.78, 5) is 12.2. The van der Waals surface area contributed by atoms with Crippen LogP contribution in [0.25, 0.3) is 0 Å². The van der Waals surface area contributed by atoms with Gasteiger partial charge in [0, 0.05) is 5.92 Å². The van der Waals surface area contributed by atoms with Gasteiger partial charge in [0.25, 0.3) is 0 Å². The van der Waals surface area contributed by atoms with Crippen LogP contribution in [-0.2, 0) is 4.79 Å². The highest BCUT2D eigenvalue weighted by atomic mass is 16.2. The number of carbonyl (C=O) groups excluding carboxylic acids is 1. The number of amides is 1. The van der Waals surface area contributed by atoms with Crippen molar-refractivity contribution in [2.45, 2.75) is 45.1 Å². The van der Waals surface area contributed by atoms with Crippen LogP contribution in [0.4, 0.5) is 0 Å². The van der Waals surface area contributed by atoms with Crippen LogP contribution in [-0.4, -0.2) is 11.9 Å². The van der Waals surface area contributed by atoms with E-state index in [-0.39, 0.29) is 11.9 Å². The lowest BCUT2D eigenvalue weighted by Gasteiger charge is -2.14. The summed E-state index contributed by atoms with van der Waals surface area (Å²) in [6.07, 6.45) is 11.5. The predicted octanol–water partition coefficient (Wildman–Crippen LogP) is 2.20. The Labute approximate surface area is 104 Å². The van der Waals surface area contributed by atoms with Crippen molar-refractivity contribution in [1.29, 1.82) is 0 Å². The zero-order valence-electron chi connectivity index (χ0n) is 10.5. The molecule has 1 N–H and O–H groups in total. The third kappa shape index (κ3) is 1.68. The van der Waals surface area contributed by atoms with Crippen molar-refractivity contribution in [3.8, 4) is 12.3 Å². The van der Waals surface area contributed by atoms with Gasteiger partial charge in [-0.2, -0.15) is 0 Å². The van der Waals surface area contributed by atoms with Crippen LogP contribution in [0.15, 0.2) is 0 Å². The summed E-state index contributed by atoms with van der Waals surface area (Å²) in [6, 6.07) is -0.0496. The SMILES string of the molecule is C#CC(CCC)NC(=O)C1C2C3CCC(C3)C12. The van der Waals surface area contributed by atoms with E-state index in [1.165, 1.54) is 19.3 Å². The fourth-order valence-electron chi connectivity index (χ4n) is 4.43. The molecule has 0 heterocycles. The van der Waals surface area contributed by atoms with E-state index in [1.807, 2.05) is 0 Å². The predicted molar refractivity (Wildman–Crippen MR) is 67.0 cm³/mol. The third-order valence-corrected chi connectivity index (χ3v) is 5.13. The topological polar surface area (TPSA) is 29.1 Å². The first-order valence-corrected chi connectivity index (χ1v) is 7.02. The summed E-state index contributed by atoms with van der Waals surface area (Å²) in [5, 5.41) is 3.05. The third-order valence-electron chi connectivity index (χ3n) is 5.13. The van der Waals surface area contributed by atoms with Gasteiger partial charge in [-0.15, -0.1) is 6.42 Å². The number of carbonyl (C=O) groups is 1. The molecule has 3 aliphatic carbocycles. The van der Waals surface area contributed by atoms with Gasteiger partial charge >= 0.3 is 0 Å². The molecular weight excluding hydrogens is 210 g/mol. The minimum Gasteiger partial charge on any atom is -0.342 e. The molecule has 3 fully saturated rings. The van der Waals surface area contributed by atoms with Crippen LogP contribution < -0.4 is 5.32 Å². The van der Waals surface area contributed by atoms with Crippen molar-refractivity contribution in [1.82, 2.24) is 5.32 Å². The Kier molecular flexibility index (Phi) is 2.65. The smallest absolute Gasteiger partial charge is 0.224 e. The number of fused-ring (bicyclic) bond motifs is 5. The number of terminal acetylenes is 1. The van der Waals surface area contributed by atoms with Crippen molar-refractivity contribution in [3.05, 3.63) is 0 Å². The number of hydrogen-bond donors (Lipinski definition) is 1. The Morgan fingerprint density at radius 2 is 2.06 bits per heavy atom. The van der Waals surface area contributed by atoms with Gasteiger partial charge in [-0.3, -0.25) is 4.79 Å². The maximum absolute atomic E-state index is 12.2. The number of nitrogens with one attached hydrogen (secondary N) is 1. The second-order valence-corrected chi connectivity index (χ2v) is 6.03. The molecule has 3 rings (SSSR count). The molecule has 0 aliphatic heterocycles. The van der Waals surface area contributed by atoms with Crippen LogP contribution in [0.3, 0.4) is 0 Å². The molecule has 5 unspecified atom stereocenters. The summed E-state index contributed by atoms with van der Waals surface area (Å²) >= 11 is 0. The lowest BCUT2D eigenvalue weighted by atomic mass is 10.0. The molecule has 2 heteroatoms. The molecule has 1 amide bonds. The fraction of sp³-hybridized carbons (Fsp3) is 0.800. The van der Waals surface area contributed by atoms with Gasteiger partial charge in [0.05, 0.1) is 6.04 Å². The monoisotopic (exact) mass is 231 g/mol. The lowest BCUT2D eigenvalue weighted by molar-refractivity contribution is -0.123. The largest absolute Gasteiger partial charge is 0.342 e. The minimum absolute atomic E-state index is 0.0496. The van der Waals surface area contributed by atoms with Gasteiger partial charge in [-0.1, -0.05) is 19.3 Å². The van der Waals surface area contributed by atoms with E-state index in [2.05, 4.69) is 18.2 Å². The first-order valence-electron chi connectivity index (χ1n) is 7.02. The molecule has 0 aromatic heterocycles. The summed E-state index contributed by atoms with van der Waals surface area (Å²) in [5.74, 6) is 6.39. The number of hydrogen-bond acceptors (Lipinski definition) is 1. The molecule has 0 aromatic carbocycles. The van der Waals surface area contributed by atoms with Crippen LogP contribution >= 0.6 is 0 Å². The van der Waals surface area contributed by atoms with E-state index in [1.54, 1.807) is 0 Å². The summed E-state index contributed by atoms with van der Waals surface area (Å²) in [7, 11) is 0. The highest BCUT2D eigenvalue weighted by Crippen LogP contribution is 2.69. The first-order chi connectivity index (χ1) is 8.26.